The number of carbonyl (C=O) groups excluding carboxylic acids is 1. The fourth-order valence-corrected chi connectivity index (χ4v) is 3.86. The molecule has 1 atom stereocenters. The van der Waals surface area contributed by atoms with Gasteiger partial charge in [-0.3, -0.25) is 4.79 Å². The SMILES string of the molecule is Cc1ccccc1C(CC(=O)c1ccnnc1)c1ccc(-c2ccc(C(=O)O)cc2)cc1. The van der Waals surface area contributed by atoms with Crippen molar-refractivity contribution in [1.29, 1.82) is 0 Å². The van der Waals surface area contributed by atoms with Crippen molar-refractivity contribution in [3.05, 3.63) is 119 Å². The number of aryl methyl sites for hydroxylation is 1. The molecule has 1 heterocycles. The minimum absolute atomic E-state index is 0.0153. The Bertz CT molecular complexity index is 1230. The molecule has 0 saturated heterocycles. The van der Waals surface area contributed by atoms with Gasteiger partial charge in [-0.1, -0.05) is 60.7 Å². The Kier molecular flexibility index (Phi) is 6.17. The van der Waals surface area contributed by atoms with Gasteiger partial charge in [0.2, 0.25) is 0 Å². The van der Waals surface area contributed by atoms with Crippen LogP contribution in [0, 0.1) is 6.92 Å². The number of Topliss-reactive ketones (excluding diaryl/α,β-unsaturated/α-hetero) is 1. The summed E-state index contributed by atoms with van der Waals surface area (Å²) in [5.41, 5.74) is 6.02. The van der Waals surface area contributed by atoms with Crippen LogP contribution < -0.4 is 0 Å². The Morgan fingerprint density at radius 2 is 1.47 bits per heavy atom. The monoisotopic (exact) mass is 422 g/mol. The fraction of sp³-hybridized carbons (Fsp3) is 0.111. The van der Waals surface area contributed by atoms with E-state index >= 15 is 0 Å². The minimum Gasteiger partial charge on any atom is -0.478 e. The van der Waals surface area contributed by atoms with Gasteiger partial charge in [0.1, 0.15) is 0 Å². The summed E-state index contributed by atoms with van der Waals surface area (Å²) in [4.78, 5) is 24.1. The summed E-state index contributed by atoms with van der Waals surface area (Å²) < 4.78 is 0. The number of rotatable bonds is 7. The highest BCUT2D eigenvalue weighted by molar-refractivity contribution is 5.96. The first kappa shape index (κ1) is 21.1. The first-order valence-corrected chi connectivity index (χ1v) is 10.3. The second kappa shape index (κ2) is 9.35. The molecule has 0 amide bonds. The van der Waals surface area contributed by atoms with Crippen molar-refractivity contribution >= 4 is 11.8 Å². The van der Waals surface area contributed by atoms with Crippen LogP contribution in [-0.2, 0) is 0 Å². The van der Waals surface area contributed by atoms with E-state index in [0.29, 0.717) is 12.0 Å². The van der Waals surface area contributed by atoms with Gasteiger partial charge in [-0.2, -0.15) is 10.2 Å². The van der Waals surface area contributed by atoms with E-state index in [1.807, 2.05) is 36.4 Å². The number of carboxylic acid groups (broad SMARTS) is 1. The standard InChI is InChI=1S/C27H22N2O3/c1-18-4-2-3-5-24(18)25(16-26(30)23-14-15-28-29-17-23)21-10-6-19(7-11-21)20-8-12-22(13-9-20)27(31)32/h2-15,17,25H,16H2,1H3,(H,31,32). The fourth-order valence-electron chi connectivity index (χ4n) is 3.86. The zero-order valence-corrected chi connectivity index (χ0v) is 17.6. The molecule has 3 aromatic carbocycles. The van der Waals surface area contributed by atoms with Gasteiger partial charge in [-0.15, -0.1) is 0 Å². The van der Waals surface area contributed by atoms with Crippen molar-refractivity contribution < 1.29 is 14.7 Å². The molecular weight excluding hydrogens is 400 g/mol. The van der Waals surface area contributed by atoms with Crippen LogP contribution >= 0.6 is 0 Å². The van der Waals surface area contributed by atoms with Crippen molar-refractivity contribution in [2.24, 2.45) is 0 Å². The van der Waals surface area contributed by atoms with Gasteiger partial charge >= 0.3 is 5.97 Å². The molecule has 1 unspecified atom stereocenters. The van der Waals surface area contributed by atoms with E-state index in [2.05, 4.69) is 29.3 Å². The number of aromatic nitrogens is 2. The Labute approximate surface area is 186 Å². The summed E-state index contributed by atoms with van der Waals surface area (Å²) in [7, 11) is 0. The van der Waals surface area contributed by atoms with Crippen LogP contribution in [0.4, 0.5) is 0 Å². The van der Waals surface area contributed by atoms with Crippen LogP contribution in [0.15, 0.2) is 91.3 Å². The van der Waals surface area contributed by atoms with Crippen LogP contribution in [-0.4, -0.2) is 27.1 Å². The maximum atomic E-state index is 13.0. The lowest BCUT2D eigenvalue weighted by molar-refractivity contribution is 0.0696. The lowest BCUT2D eigenvalue weighted by Crippen LogP contribution is -2.11. The lowest BCUT2D eigenvalue weighted by Gasteiger charge is -2.20. The van der Waals surface area contributed by atoms with E-state index in [9.17, 15) is 9.59 Å². The smallest absolute Gasteiger partial charge is 0.335 e. The largest absolute Gasteiger partial charge is 0.478 e. The Morgan fingerprint density at radius 1 is 0.812 bits per heavy atom. The van der Waals surface area contributed by atoms with Gasteiger partial charge < -0.3 is 5.11 Å². The van der Waals surface area contributed by atoms with E-state index in [-0.39, 0.29) is 17.3 Å². The topological polar surface area (TPSA) is 80.2 Å². The highest BCUT2D eigenvalue weighted by atomic mass is 16.4. The number of carbonyl (C=O) groups is 2. The van der Waals surface area contributed by atoms with Crippen LogP contribution in [0.5, 0.6) is 0 Å². The number of aromatic carboxylic acids is 1. The van der Waals surface area contributed by atoms with Crippen molar-refractivity contribution in [2.45, 2.75) is 19.3 Å². The Hall–Kier alpha value is -4.12. The van der Waals surface area contributed by atoms with E-state index in [4.69, 9.17) is 5.11 Å². The summed E-state index contributed by atoms with van der Waals surface area (Å²) >= 11 is 0. The summed E-state index contributed by atoms with van der Waals surface area (Å²) in [5, 5.41) is 16.7. The quantitative estimate of drug-likeness (QED) is 0.395. The maximum absolute atomic E-state index is 13.0. The van der Waals surface area contributed by atoms with Gasteiger partial charge in [0, 0.05) is 17.9 Å². The molecule has 0 fully saturated rings. The molecule has 4 aromatic rings. The molecular formula is C27H22N2O3. The van der Waals surface area contributed by atoms with E-state index in [1.54, 1.807) is 30.3 Å². The Morgan fingerprint density at radius 3 is 2.06 bits per heavy atom. The second-order valence-electron chi connectivity index (χ2n) is 7.67. The molecule has 1 aromatic heterocycles. The summed E-state index contributed by atoms with van der Waals surface area (Å²) in [6.07, 6.45) is 3.35. The molecule has 0 aliphatic carbocycles. The number of nitrogens with zero attached hydrogens (tertiary/aromatic N) is 2. The normalized spacial score (nSPS) is 11.7. The lowest BCUT2D eigenvalue weighted by atomic mass is 9.83. The summed E-state index contributed by atoms with van der Waals surface area (Å²) in [6, 6.07) is 24.7. The van der Waals surface area contributed by atoms with Crippen molar-refractivity contribution in [2.75, 3.05) is 0 Å². The van der Waals surface area contributed by atoms with Gasteiger partial charge in [-0.05, 0) is 52.9 Å². The van der Waals surface area contributed by atoms with Gasteiger partial charge in [0.15, 0.2) is 5.78 Å². The second-order valence-corrected chi connectivity index (χ2v) is 7.67. The van der Waals surface area contributed by atoms with Gasteiger partial charge in [0.25, 0.3) is 0 Å². The molecule has 32 heavy (non-hydrogen) atoms. The number of hydrogen-bond donors (Lipinski definition) is 1. The van der Waals surface area contributed by atoms with E-state index < -0.39 is 5.97 Å². The molecule has 0 radical (unpaired) electrons. The minimum atomic E-state index is -0.943. The molecule has 158 valence electrons. The van der Waals surface area contributed by atoms with Crippen LogP contribution in [0.25, 0.3) is 11.1 Å². The molecule has 5 nitrogen and oxygen atoms in total. The summed E-state index contributed by atoms with van der Waals surface area (Å²) in [6.45, 7) is 2.05. The average molecular weight is 422 g/mol. The molecule has 0 bridgehead atoms. The third kappa shape index (κ3) is 4.62. The molecule has 0 aliphatic rings. The number of carboxylic acids is 1. The highest BCUT2D eigenvalue weighted by Crippen LogP contribution is 2.33. The zero-order chi connectivity index (χ0) is 22.5. The molecule has 5 heteroatoms. The predicted molar refractivity (Wildman–Crippen MR) is 123 cm³/mol. The van der Waals surface area contributed by atoms with Gasteiger partial charge in [-0.25, -0.2) is 4.79 Å². The predicted octanol–water partition coefficient (Wildman–Crippen LogP) is 5.56. The molecule has 4 rings (SSSR count). The molecule has 0 saturated carbocycles. The van der Waals surface area contributed by atoms with Crippen molar-refractivity contribution in [3.8, 4) is 11.1 Å². The first-order valence-electron chi connectivity index (χ1n) is 10.3. The molecule has 0 spiro atoms. The van der Waals surface area contributed by atoms with Gasteiger partial charge in [0.05, 0.1) is 18.0 Å². The van der Waals surface area contributed by atoms with Crippen molar-refractivity contribution in [1.82, 2.24) is 10.2 Å². The van der Waals surface area contributed by atoms with E-state index in [1.165, 1.54) is 12.4 Å². The highest BCUT2D eigenvalue weighted by Gasteiger charge is 2.21. The van der Waals surface area contributed by atoms with Crippen LogP contribution in [0.2, 0.25) is 0 Å². The Balaban J connectivity index is 1.66. The van der Waals surface area contributed by atoms with E-state index in [0.717, 1.165) is 27.8 Å². The number of benzene rings is 3. The van der Waals surface area contributed by atoms with Crippen LogP contribution in [0.3, 0.4) is 0 Å². The average Bonchev–Trinajstić information content (AvgIpc) is 2.84. The number of hydrogen-bond acceptors (Lipinski definition) is 4. The molecule has 1 N–H and O–H groups in total. The van der Waals surface area contributed by atoms with Crippen molar-refractivity contribution in [3.63, 3.8) is 0 Å². The first-order chi connectivity index (χ1) is 15.5. The third-order valence-electron chi connectivity index (χ3n) is 5.64. The summed E-state index contributed by atoms with van der Waals surface area (Å²) in [5.74, 6) is -1.02. The van der Waals surface area contributed by atoms with Crippen LogP contribution in [0.1, 0.15) is 49.7 Å². The zero-order valence-electron chi connectivity index (χ0n) is 17.6. The maximum Gasteiger partial charge on any atom is 0.335 e. The third-order valence-corrected chi connectivity index (χ3v) is 5.64. The molecule has 0 aliphatic heterocycles. The number of ketones is 1.